The molecular weight excluding hydrogens is 238 g/mol. The van der Waals surface area contributed by atoms with Crippen LogP contribution in [0.3, 0.4) is 0 Å². The fourth-order valence-corrected chi connectivity index (χ4v) is 1.69. The zero-order chi connectivity index (χ0) is 14.1. The first-order valence-electron chi connectivity index (χ1n) is 6.38. The van der Waals surface area contributed by atoms with Crippen LogP contribution in [-0.4, -0.2) is 32.1 Å². The van der Waals surface area contributed by atoms with Gasteiger partial charge < -0.3 is 16.0 Å². The van der Waals surface area contributed by atoms with Gasteiger partial charge in [0.2, 0.25) is 5.91 Å². The number of carbonyl (C=O) groups excluding carboxylic acids is 1. The first kappa shape index (κ1) is 15.1. The van der Waals surface area contributed by atoms with Gasteiger partial charge in [-0.1, -0.05) is 18.2 Å². The van der Waals surface area contributed by atoms with Crippen LogP contribution in [0, 0.1) is 12.3 Å². The molecule has 1 aromatic rings. The summed E-state index contributed by atoms with van der Waals surface area (Å²) in [6, 6.07) is 9.52. The van der Waals surface area contributed by atoms with E-state index in [0.29, 0.717) is 6.54 Å². The molecule has 0 spiro atoms. The van der Waals surface area contributed by atoms with E-state index in [-0.39, 0.29) is 12.3 Å². The normalized spacial score (nSPS) is 11.4. The van der Waals surface area contributed by atoms with Crippen molar-refractivity contribution in [2.75, 3.05) is 25.0 Å². The molecule has 0 heterocycles. The molecule has 0 radical (unpaired) electrons. The van der Waals surface area contributed by atoms with Crippen LogP contribution >= 0.6 is 0 Å². The van der Waals surface area contributed by atoms with Crippen LogP contribution in [0.1, 0.15) is 12.8 Å². The van der Waals surface area contributed by atoms with E-state index in [9.17, 15) is 4.79 Å². The molecule has 4 nitrogen and oxygen atoms in total. The van der Waals surface area contributed by atoms with E-state index in [1.807, 2.05) is 25.2 Å². The monoisotopic (exact) mass is 259 g/mol. The Morgan fingerprint density at radius 2 is 2.16 bits per heavy atom. The smallest absolute Gasteiger partial charge is 0.237 e. The van der Waals surface area contributed by atoms with Gasteiger partial charge in [-0.3, -0.25) is 4.79 Å². The van der Waals surface area contributed by atoms with Crippen molar-refractivity contribution in [3.8, 4) is 12.3 Å². The number of hydrogen-bond donors (Lipinski definition) is 2. The maximum absolute atomic E-state index is 11.5. The van der Waals surface area contributed by atoms with Gasteiger partial charge >= 0.3 is 0 Å². The summed E-state index contributed by atoms with van der Waals surface area (Å²) in [6.45, 7) is 1.48. The molecule has 0 fully saturated rings. The van der Waals surface area contributed by atoms with Crippen molar-refractivity contribution in [3.05, 3.63) is 30.3 Å². The van der Waals surface area contributed by atoms with Gasteiger partial charge in [-0.15, -0.1) is 12.3 Å². The average molecular weight is 259 g/mol. The maximum atomic E-state index is 11.5. The third-order valence-electron chi connectivity index (χ3n) is 2.84. The van der Waals surface area contributed by atoms with Gasteiger partial charge in [0.05, 0.1) is 6.04 Å². The topological polar surface area (TPSA) is 58.4 Å². The molecule has 1 amide bonds. The van der Waals surface area contributed by atoms with Crippen LogP contribution in [0.5, 0.6) is 0 Å². The molecule has 19 heavy (non-hydrogen) atoms. The molecule has 0 aliphatic heterocycles. The van der Waals surface area contributed by atoms with Crippen molar-refractivity contribution in [3.63, 3.8) is 0 Å². The van der Waals surface area contributed by atoms with E-state index in [2.05, 4.69) is 28.3 Å². The molecule has 0 aliphatic rings. The Hall–Kier alpha value is -1.99. The summed E-state index contributed by atoms with van der Waals surface area (Å²) in [5, 5.41) is 2.79. The SMILES string of the molecule is C#CCC(N)C(=O)NCCCN(C)c1ccccc1. The van der Waals surface area contributed by atoms with E-state index >= 15 is 0 Å². The van der Waals surface area contributed by atoms with Gasteiger partial charge in [0, 0.05) is 32.2 Å². The Labute approximate surface area is 115 Å². The Morgan fingerprint density at radius 1 is 1.47 bits per heavy atom. The number of terminal acetylenes is 1. The Balaban J connectivity index is 2.21. The standard InChI is InChI=1S/C15H21N3O/c1-3-8-14(16)15(19)17-11-7-12-18(2)13-9-5-4-6-10-13/h1,4-6,9-10,14H,7-8,11-12,16H2,2H3,(H,17,19). The maximum Gasteiger partial charge on any atom is 0.237 e. The fraction of sp³-hybridized carbons (Fsp3) is 0.400. The van der Waals surface area contributed by atoms with Crippen LogP contribution in [0.2, 0.25) is 0 Å². The number of nitrogens with one attached hydrogen (secondary N) is 1. The molecule has 0 aromatic heterocycles. The van der Waals surface area contributed by atoms with Crippen molar-refractivity contribution in [2.24, 2.45) is 5.73 Å². The summed E-state index contributed by atoms with van der Waals surface area (Å²) in [7, 11) is 2.03. The third kappa shape index (κ3) is 5.45. The lowest BCUT2D eigenvalue weighted by atomic mass is 10.2. The summed E-state index contributed by atoms with van der Waals surface area (Å²) in [5.74, 6) is 2.20. The Morgan fingerprint density at radius 3 is 2.79 bits per heavy atom. The van der Waals surface area contributed by atoms with Gasteiger partial charge in [-0.25, -0.2) is 0 Å². The van der Waals surface area contributed by atoms with E-state index in [1.54, 1.807) is 0 Å². The molecule has 0 aliphatic carbocycles. The van der Waals surface area contributed by atoms with Crippen LogP contribution in [0.25, 0.3) is 0 Å². The molecule has 0 bridgehead atoms. The fourth-order valence-electron chi connectivity index (χ4n) is 1.69. The highest BCUT2D eigenvalue weighted by atomic mass is 16.2. The number of nitrogens with two attached hydrogens (primary N) is 1. The van der Waals surface area contributed by atoms with E-state index in [1.165, 1.54) is 0 Å². The van der Waals surface area contributed by atoms with E-state index in [0.717, 1.165) is 18.7 Å². The summed E-state index contributed by atoms with van der Waals surface area (Å²) in [4.78, 5) is 13.6. The zero-order valence-electron chi connectivity index (χ0n) is 11.3. The molecule has 0 saturated carbocycles. The summed E-state index contributed by atoms with van der Waals surface area (Å²) in [6.07, 6.45) is 6.24. The minimum atomic E-state index is -0.600. The van der Waals surface area contributed by atoms with E-state index in [4.69, 9.17) is 12.2 Å². The van der Waals surface area contributed by atoms with E-state index < -0.39 is 6.04 Å². The van der Waals surface area contributed by atoms with Gasteiger partial charge in [-0.05, 0) is 18.6 Å². The molecular formula is C15H21N3O. The number of carbonyl (C=O) groups is 1. The van der Waals surface area contributed by atoms with Crippen molar-refractivity contribution in [1.82, 2.24) is 5.32 Å². The highest BCUT2D eigenvalue weighted by Crippen LogP contribution is 2.10. The van der Waals surface area contributed by atoms with Crippen molar-refractivity contribution < 1.29 is 4.79 Å². The van der Waals surface area contributed by atoms with Gasteiger partial charge in [-0.2, -0.15) is 0 Å². The Kier molecular flexibility index (Phi) is 6.48. The van der Waals surface area contributed by atoms with Crippen LogP contribution in [0.4, 0.5) is 5.69 Å². The molecule has 1 unspecified atom stereocenters. The molecule has 102 valence electrons. The molecule has 4 heteroatoms. The number of amides is 1. The lowest BCUT2D eigenvalue weighted by Crippen LogP contribution is -2.41. The molecule has 1 aromatic carbocycles. The summed E-state index contributed by atoms with van der Waals surface area (Å²) < 4.78 is 0. The minimum Gasteiger partial charge on any atom is -0.375 e. The summed E-state index contributed by atoms with van der Waals surface area (Å²) >= 11 is 0. The number of para-hydroxylation sites is 1. The largest absolute Gasteiger partial charge is 0.375 e. The van der Waals surface area contributed by atoms with Crippen LogP contribution in [0.15, 0.2) is 30.3 Å². The van der Waals surface area contributed by atoms with Crippen LogP contribution in [-0.2, 0) is 4.79 Å². The number of benzene rings is 1. The second kappa shape index (κ2) is 8.17. The van der Waals surface area contributed by atoms with Crippen molar-refractivity contribution >= 4 is 11.6 Å². The van der Waals surface area contributed by atoms with Crippen LogP contribution < -0.4 is 16.0 Å². The van der Waals surface area contributed by atoms with Crippen molar-refractivity contribution in [2.45, 2.75) is 18.9 Å². The number of nitrogens with zero attached hydrogens (tertiary/aromatic N) is 1. The number of hydrogen-bond acceptors (Lipinski definition) is 3. The lowest BCUT2D eigenvalue weighted by molar-refractivity contribution is -0.122. The average Bonchev–Trinajstić information content (AvgIpc) is 2.44. The van der Waals surface area contributed by atoms with Crippen molar-refractivity contribution in [1.29, 1.82) is 0 Å². The lowest BCUT2D eigenvalue weighted by Gasteiger charge is -2.19. The summed E-state index contributed by atoms with van der Waals surface area (Å²) in [5.41, 5.74) is 6.76. The third-order valence-corrected chi connectivity index (χ3v) is 2.84. The molecule has 1 atom stereocenters. The second-order valence-corrected chi connectivity index (χ2v) is 4.42. The van der Waals surface area contributed by atoms with Gasteiger partial charge in [0.1, 0.15) is 0 Å². The predicted octanol–water partition coefficient (Wildman–Crippen LogP) is 0.980. The molecule has 3 N–H and O–H groups in total. The molecule has 0 saturated heterocycles. The first-order chi connectivity index (χ1) is 9.15. The second-order valence-electron chi connectivity index (χ2n) is 4.42. The van der Waals surface area contributed by atoms with Gasteiger partial charge in [0.25, 0.3) is 0 Å². The first-order valence-corrected chi connectivity index (χ1v) is 6.38. The van der Waals surface area contributed by atoms with Gasteiger partial charge in [0.15, 0.2) is 0 Å². The quantitative estimate of drug-likeness (QED) is 0.567. The number of anilines is 1. The minimum absolute atomic E-state index is 0.180. The molecule has 1 rings (SSSR count). The predicted molar refractivity (Wildman–Crippen MR) is 78.8 cm³/mol. The Bertz CT molecular complexity index is 425. The zero-order valence-corrected chi connectivity index (χ0v) is 11.3. The highest BCUT2D eigenvalue weighted by Gasteiger charge is 2.10. The highest BCUT2D eigenvalue weighted by molar-refractivity contribution is 5.81. The number of rotatable bonds is 7.